The van der Waals surface area contributed by atoms with Crippen LogP contribution >= 0.6 is 31.9 Å². The maximum atomic E-state index is 12.1. The number of amides is 1. The lowest BCUT2D eigenvalue weighted by Gasteiger charge is -2.09. The lowest BCUT2D eigenvalue weighted by molar-refractivity contribution is 0.0955. The first-order valence-electron chi connectivity index (χ1n) is 8.17. The van der Waals surface area contributed by atoms with E-state index in [1.807, 2.05) is 54.6 Å². The van der Waals surface area contributed by atoms with E-state index in [-0.39, 0.29) is 5.91 Å². The van der Waals surface area contributed by atoms with Crippen molar-refractivity contribution < 1.29 is 9.53 Å². The fourth-order valence-electron chi connectivity index (χ4n) is 2.32. The Labute approximate surface area is 174 Å². The molecular formula is C21H16Br2N2O2. The number of benzene rings is 3. The van der Waals surface area contributed by atoms with Gasteiger partial charge in [-0.25, -0.2) is 5.43 Å². The van der Waals surface area contributed by atoms with Crippen LogP contribution in [-0.4, -0.2) is 12.1 Å². The van der Waals surface area contributed by atoms with Gasteiger partial charge in [-0.2, -0.15) is 5.10 Å². The third-order valence-corrected chi connectivity index (χ3v) is 4.71. The zero-order valence-electron chi connectivity index (χ0n) is 14.2. The highest BCUT2D eigenvalue weighted by Crippen LogP contribution is 2.18. The van der Waals surface area contributed by atoms with Gasteiger partial charge in [0.15, 0.2) is 0 Å². The van der Waals surface area contributed by atoms with E-state index < -0.39 is 0 Å². The molecule has 1 N–H and O–H groups in total. The number of rotatable bonds is 6. The van der Waals surface area contributed by atoms with Gasteiger partial charge in [0.05, 0.1) is 6.21 Å². The number of carbonyl (C=O) groups excluding carboxylic acids is 1. The van der Waals surface area contributed by atoms with Crippen LogP contribution in [0.4, 0.5) is 0 Å². The second-order valence-electron chi connectivity index (χ2n) is 5.66. The third-order valence-electron chi connectivity index (χ3n) is 3.68. The lowest BCUT2D eigenvalue weighted by Crippen LogP contribution is -2.17. The quantitative estimate of drug-likeness (QED) is 0.365. The topological polar surface area (TPSA) is 50.7 Å². The predicted molar refractivity (Wildman–Crippen MR) is 114 cm³/mol. The molecule has 1 amide bonds. The molecule has 0 radical (unpaired) electrons. The van der Waals surface area contributed by atoms with E-state index in [1.54, 1.807) is 24.4 Å². The Morgan fingerprint density at radius 3 is 2.52 bits per heavy atom. The zero-order valence-corrected chi connectivity index (χ0v) is 17.4. The fourth-order valence-corrected chi connectivity index (χ4v) is 2.98. The van der Waals surface area contributed by atoms with Gasteiger partial charge in [-0.3, -0.25) is 4.79 Å². The number of nitrogens with zero attached hydrogens (tertiary/aromatic N) is 1. The maximum absolute atomic E-state index is 12.1. The Morgan fingerprint density at radius 1 is 0.963 bits per heavy atom. The molecule has 3 aromatic carbocycles. The minimum Gasteiger partial charge on any atom is -0.488 e. The Hall–Kier alpha value is -2.44. The molecule has 3 rings (SSSR count). The predicted octanol–water partition coefficient (Wildman–Crippen LogP) is 5.55. The summed E-state index contributed by atoms with van der Waals surface area (Å²) in [6, 6.07) is 22.6. The highest BCUT2D eigenvalue weighted by Gasteiger charge is 2.05. The second kappa shape index (κ2) is 9.48. The van der Waals surface area contributed by atoms with Gasteiger partial charge in [0.1, 0.15) is 12.4 Å². The van der Waals surface area contributed by atoms with Gasteiger partial charge in [-0.15, -0.1) is 0 Å². The van der Waals surface area contributed by atoms with Crippen LogP contribution in [0.25, 0.3) is 0 Å². The van der Waals surface area contributed by atoms with E-state index in [2.05, 4.69) is 42.4 Å². The standard InChI is InChI=1S/C21H16Br2N2O2/c22-18-10-8-15(9-11-18)14-27-20-7-2-1-4-17(20)13-24-25-21(26)16-5-3-6-19(23)12-16/h1-13H,14H2,(H,25,26). The molecule has 0 saturated heterocycles. The molecule has 0 spiro atoms. The third kappa shape index (κ3) is 5.77. The van der Waals surface area contributed by atoms with E-state index in [0.29, 0.717) is 17.9 Å². The van der Waals surface area contributed by atoms with Crippen LogP contribution in [0.15, 0.2) is 86.8 Å². The molecule has 0 heterocycles. The maximum Gasteiger partial charge on any atom is 0.271 e. The second-order valence-corrected chi connectivity index (χ2v) is 7.49. The van der Waals surface area contributed by atoms with Crippen LogP contribution in [0.1, 0.15) is 21.5 Å². The molecule has 0 aliphatic heterocycles. The number of halogens is 2. The summed E-state index contributed by atoms with van der Waals surface area (Å²) in [6.07, 6.45) is 1.58. The summed E-state index contributed by atoms with van der Waals surface area (Å²) in [5, 5.41) is 4.05. The Morgan fingerprint density at radius 2 is 1.74 bits per heavy atom. The summed E-state index contributed by atoms with van der Waals surface area (Å²) in [5.74, 6) is 0.418. The van der Waals surface area contributed by atoms with Crippen LogP contribution in [0.2, 0.25) is 0 Å². The molecule has 0 aliphatic carbocycles. The van der Waals surface area contributed by atoms with Gasteiger partial charge in [-0.05, 0) is 48.0 Å². The monoisotopic (exact) mass is 486 g/mol. The summed E-state index contributed by atoms with van der Waals surface area (Å²) < 4.78 is 7.76. The van der Waals surface area contributed by atoms with Crippen molar-refractivity contribution >= 4 is 44.0 Å². The number of hydrogen-bond acceptors (Lipinski definition) is 3. The SMILES string of the molecule is O=C(NN=Cc1ccccc1OCc1ccc(Br)cc1)c1cccc(Br)c1. The smallest absolute Gasteiger partial charge is 0.271 e. The Bertz CT molecular complexity index is 956. The van der Waals surface area contributed by atoms with Crippen molar-refractivity contribution in [3.63, 3.8) is 0 Å². The fraction of sp³-hybridized carbons (Fsp3) is 0.0476. The van der Waals surface area contributed by atoms with Gasteiger partial charge < -0.3 is 4.74 Å². The molecule has 0 saturated carbocycles. The Balaban J connectivity index is 1.64. The number of ether oxygens (including phenoxy) is 1. The molecule has 3 aromatic rings. The highest BCUT2D eigenvalue weighted by molar-refractivity contribution is 9.10. The van der Waals surface area contributed by atoms with E-state index in [9.17, 15) is 4.79 Å². The number of para-hydroxylation sites is 1. The molecule has 6 heteroatoms. The van der Waals surface area contributed by atoms with Crippen LogP contribution in [0.5, 0.6) is 5.75 Å². The summed E-state index contributed by atoms with van der Waals surface area (Å²) in [4.78, 5) is 12.1. The van der Waals surface area contributed by atoms with Crippen LogP contribution in [0, 0.1) is 0 Å². The molecule has 136 valence electrons. The molecule has 0 fully saturated rings. The van der Waals surface area contributed by atoms with Gasteiger partial charge in [0.2, 0.25) is 0 Å². The first kappa shape index (κ1) is 19.3. The first-order valence-corrected chi connectivity index (χ1v) is 9.76. The van der Waals surface area contributed by atoms with Gasteiger partial charge >= 0.3 is 0 Å². The van der Waals surface area contributed by atoms with Gasteiger partial charge in [0, 0.05) is 20.1 Å². The van der Waals surface area contributed by atoms with Gasteiger partial charge in [-0.1, -0.05) is 62.2 Å². The van der Waals surface area contributed by atoms with Crippen molar-refractivity contribution in [3.8, 4) is 5.75 Å². The minimum atomic E-state index is -0.277. The van der Waals surface area contributed by atoms with Crippen molar-refractivity contribution in [2.45, 2.75) is 6.61 Å². The number of nitrogens with one attached hydrogen (secondary N) is 1. The van der Waals surface area contributed by atoms with Gasteiger partial charge in [0.25, 0.3) is 5.91 Å². The van der Waals surface area contributed by atoms with E-state index in [1.165, 1.54) is 0 Å². The molecule has 0 bridgehead atoms. The number of hydrogen-bond donors (Lipinski definition) is 1. The summed E-state index contributed by atoms with van der Waals surface area (Å²) >= 11 is 6.77. The number of hydrazone groups is 1. The lowest BCUT2D eigenvalue weighted by atomic mass is 10.2. The Kier molecular flexibility index (Phi) is 6.79. The van der Waals surface area contributed by atoms with E-state index in [4.69, 9.17) is 4.74 Å². The molecule has 0 aromatic heterocycles. The van der Waals surface area contributed by atoms with Crippen molar-refractivity contribution in [3.05, 3.63) is 98.4 Å². The average molecular weight is 488 g/mol. The number of carbonyl (C=O) groups is 1. The van der Waals surface area contributed by atoms with Crippen LogP contribution in [-0.2, 0) is 6.61 Å². The van der Waals surface area contributed by atoms with Crippen molar-refractivity contribution in [2.75, 3.05) is 0 Å². The molecule has 0 unspecified atom stereocenters. The molecule has 4 nitrogen and oxygen atoms in total. The normalized spacial score (nSPS) is 10.7. The van der Waals surface area contributed by atoms with E-state index >= 15 is 0 Å². The minimum absolute atomic E-state index is 0.277. The summed E-state index contributed by atoms with van der Waals surface area (Å²) in [6.45, 7) is 0.447. The molecule has 0 aliphatic rings. The van der Waals surface area contributed by atoms with Crippen molar-refractivity contribution in [1.29, 1.82) is 0 Å². The zero-order chi connectivity index (χ0) is 19.1. The van der Waals surface area contributed by atoms with Crippen molar-refractivity contribution in [2.24, 2.45) is 5.10 Å². The van der Waals surface area contributed by atoms with Crippen LogP contribution < -0.4 is 10.2 Å². The largest absolute Gasteiger partial charge is 0.488 e. The summed E-state index contributed by atoms with van der Waals surface area (Å²) in [7, 11) is 0. The van der Waals surface area contributed by atoms with Crippen molar-refractivity contribution in [1.82, 2.24) is 5.43 Å². The molecular weight excluding hydrogens is 472 g/mol. The molecule has 27 heavy (non-hydrogen) atoms. The first-order chi connectivity index (χ1) is 13.1. The molecule has 0 atom stereocenters. The summed E-state index contributed by atoms with van der Waals surface area (Å²) in [5.41, 5.74) is 4.90. The van der Waals surface area contributed by atoms with Crippen LogP contribution in [0.3, 0.4) is 0 Å². The highest BCUT2D eigenvalue weighted by atomic mass is 79.9. The average Bonchev–Trinajstić information content (AvgIpc) is 2.68. The van der Waals surface area contributed by atoms with E-state index in [0.717, 1.165) is 20.1 Å².